The number of benzene rings is 1. The zero-order valence-corrected chi connectivity index (χ0v) is 18.9. The molecule has 0 saturated carbocycles. The SMILES string of the molecule is C=C(C/C=C\N(C/C=C\C)[C@@H](c1ccccc1)[C@H](O)CNC)OC(/C=C\CC)=C/C. The fourth-order valence-corrected chi connectivity index (χ4v) is 3.05. The van der Waals surface area contributed by atoms with Crippen LogP contribution in [0.4, 0.5) is 0 Å². The third-order valence-electron chi connectivity index (χ3n) is 4.53. The summed E-state index contributed by atoms with van der Waals surface area (Å²) >= 11 is 0. The molecule has 0 aliphatic carbocycles. The zero-order valence-electron chi connectivity index (χ0n) is 18.9. The summed E-state index contributed by atoms with van der Waals surface area (Å²) in [6, 6.07) is 9.94. The minimum atomic E-state index is -0.555. The maximum absolute atomic E-state index is 10.9. The van der Waals surface area contributed by atoms with E-state index in [0.717, 1.165) is 17.7 Å². The maximum atomic E-state index is 10.9. The van der Waals surface area contributed by atoms with Crippen LogP contribution in [0.3, 0.4) is 0 Å². The molecular formula is C26H38N2O2. The van der Waals surface area contributed by atoms with E-state index >= 15 is 0 Å². The van der Waals surface area contributed by atoms with Crippen molar-refractivity contribution in [3.05, 3.63) is 96.6 Å². The van der Waals surface area contributed by atoms with Crippen LogP contribution in [-0.2, 0) is 4.74 Å². The highest BCUT2D eigenvalue weighted by molar-refractivity contribution is 5.22. The van der Waals surface area contributed by atoms with Crippen molar-refractivity contribution in [1.82, 2.24) is 10.2 Å². The van der Waals surface area contributed by atoms with Gasteiger partial charge in [-0.2, -0.15) is 0 Å². The van der Waals surface area contributed by atoms with Gasteiger partial charge in [0.2, 0.25) is 0 Å². The van der Waals surface area contributed by atoms with Crippen LogP contribution in [0.25, 0.3) is 0 Å². The summed E-state index contributed by atoms with van der Waals surface area (Å²) in [6.07, 6.45) is 15.1. The number of aliphatic hydroxyl groups excluding tert-OH is 1. The summed E-state index contributed by atoms with van der Waals surface area (Å²) < 4.78 is 5.83. The molecule has 1 rings (SSSR count). The molecule has 4 nitrogen and oxygen atoms in total. The third-order valence-corrected chi connectivity index (χ3v) is 4.53. The zero-order chi connectivity index (χ0) is 22.2. The molecule has 0 heterocycles. The molecular weight excluding hydrogens is 372 g/mol. The van der Waals surface area contributed by atoms with Gasteiger partial charge in [-0.25, -0.2) is 0 Å². The Morgan fingerprint density at radius 3 is 2.53 bits per heavy atom. The first kappa shape index (κ1) is 25.5. The number of hydrogen-bond donors (Lipinski definition) is 2. The standard InChI is InChI=1S/C26H38N2O2/c1-6-9-18-24(8-3)30-22(4)15-14-20-28(19-10-7-2)26(25(29)21-27-5)23-16-12-11-13-17-23/h7-14,16-18,20,25-27,29H,4,6,15,19,21H2,1-3,5H3/b10-7-,18-9-,20-14-,24-8+/t25-,26+/m1/s1. The van der Waals surface area contributed by atoms with Crippen LogP contribution in [0, 0.1) is 0 Å². The molecule has 0 unspecified atom stereocenters. The van der Waals surface area contributed by atoms with E-state index in [2.05, 4.69) is 48.0 Å². The number of hydrogen-bond acceptors (Lipinski definition) is 4. The number of nitrogens with zero attached hydrogens (tertiary/aromatic N) is 1. The lowest BCUT2D eigenvalue weighted by Crippen LogP contribution is -2.38. The van der Waals surface area contributed by atoms with Crippen molar-refractivity contribution < 1.29 is 9.84 Å². The highest BCUT2D eigenvalue weighted by Gasteiger charge is 2.24. The lowest BCUT2D eigenvalue weighted by atomic mass is 9.99. The predicted octanol–water partition coefficient (Wildman–Crippen LogP) is 5.49. The molecule has 0 saturated heterocycles. The van der Waals surface area contributed by atoms with E-state index in [0.29, 0.717) is 25.3 Å². The number of ether oxygens (including phenoxy) is 1. The summed E-state index contributed by atoms with van der Waals surface area (Å²) in [4.78, 5) is 2.15. The minimum Gasteiger partial charge on any atom is -0.462 e. The Bertz CT molecular complexity index is 720. The minimum absolute atomic E-state index is 0.168. The molecule has 4 heteroatoms. The third kappa shape index (κ3) is 9.29. The summed E-state index contributed by atoms with van der Waals surface area (Å²) in [6.45, 7) is 11.3. The lowest BCUT2D eigenvalue weighted by molar-refractivity contribution is 0.0795. The van der Waals surface area contributed by atoms with E-state index in [1.165, 1.54) is 0 Å². The van der Waals surface area contributed by atoms with E-state index in [4.69, 9.17) is 4.74 Å². The van der Waals surface area contributed by atoms with Gasteiger partial charge in [0.15, 0.2) is 0 Å². The highest BCUT2D eigenvalue weighted by atomic mass is 16.5. The van der Waals surface area contributed by atoms with Gasteiger partial charge in [0.05, 0.1) is 12.1 Å². The number of nitrogens with one attached hydrogen (secondary N) is 1. The van der Waals surface area contributed by atoms with Crippen molar-refractivity contribution in [1.29, 1.82) is 0 Å². The van der Waals surface area contributed by atoms with E-state index in [1.54, 1.807) is 0 Å². The van der Waals surface area contributed by atoms with Crippen LogP contribution >= 0.6 is 0 Å². The quantitative estimate of drug-likeness (QED) is 0.242. The average Bonchev–Trinajstić information content (AvgIpc) is 2.75. The fraction of sp³-hybridized carbons (Fsp3) is 0.385. The first-order chi connectivity index (χ1) is 14.6. The molecule has 2 atom stereocenters. The topological polar surface area (TPSA) is 44.7 Å². The molecule has 30 heavy (non-hydrogen) atoms. The number of allylic oxidation sites excluding steroid dienone is 5. The Hall–Kier alpha value is -2.56. The molecule has 0 aliphatic rings. The van der Waals surface area contributed by atoms with E-state index in [-0.39, 0.29) is 6.04 Å². The molecule has 1 aromatic rings. The first-order valence-corrected chi connectivity index (χ1v) is 10.7. The molecule has 0 amide bonds. The number of likely N-dealkylation sites (N-methyl/N-ethyl adjacent to an activating group) is 1. The summed E-state index contributed by atoms with van der Waals surface area (Å²) in [7, 11) is 1.85. The second-order valence-electron chi connectivity index (χ2n) is 6.98. The monoisotopic (exact) mass is 410 g/mol. The molecule has 0 aliphatic heterocycles. The number of aliphatic hydroxyl groups is 1. The van der Waals surface area contributed by atoms with Gasteiger partial charge in [-0.15, -0.1) is 0 Å². The molecule has 164 valence electrons. The summed E-state index contributed by atoms with van der Waals surface area (Å²) in [5.74, 6) is 1.48. The number of rotatable bonds is 14. The Morgan fingerprint density at radius 1 is 1.20 bits per heavy atom. The van der Waals surface area contributed by atoms with Crippen LogP contribution in [0.5, 0.6) is 0 Å². The van der Waals surface area contributed by atoms with Gasteiger partial charge in [-0.05, 0) is 51.2 Å². The van der Waals surface area contributed by atoms with Gasteiger partial charge in [0.25, 0.3) is 0 Å². The molecule has 0 spiro atoms. The van der Waals surface area contributed by atoms with Crippen molar-refractivity contribution in [2.24, 2.45) is 0 Å². The predicted molar refractivity (Wildman–Crippen MR) is 128 cm³/mol. The average molecular weight is 411 g/mol. The van der Waals surface area contributed by atoms with Gasteiger partial charge >= 0.3 is 0 Å². The van der Waals surface area contributed by atoms with Crippen LogP contribution in [0.2, 0.25) is 0 Å². The molecule has 0 bridgehead atoms. The molecule has 0 radical (unpaired) electrons. The highest BCUT2D eigenvalue weighted by Crippen LogP contribution is 2.25. The molecule has 1 aromatic carbocycles. The second-order valence-corrected chi connectivity index (χ2v) is 6.98. The van der Waals surface area contributed by atoms with Crippen molar-refractivity contribution in [3.8, 4) is 0 Å². The maximum Gasteiger partial charge on any atom is 0.122 e. The largest absolute Gasteiger partial charge is 0.462 e. The summed E-state index contributed by atoms with van der Waals surface area (Å²) in [5.41, 5.74) is 1.07. The van der Waals surface area contributed by atoms with E-state index < -0.39 is 6.10 Å². The molecule has 0 aromatic heterocycles. The van der Waals surface area contributed by atoms with Crippen molar-refractivity contribution in [3.63, 3.8) is 0 Å². The molecule has 0 fully saturated rings. The van der Waals surface area contributed by atoms with Gasteiger partial charge in [0, 0.05) is 19.5 Å². The summed E-state index contributed by atoms with van der Waals surface area (Å²) in [5, 5.41) is 13.9. The van der Waals surface area contributed by atoms with Crippen LogP contribution in [0.15, 0.2) is 91.1 Å². The van der Waals surface area contributed by atoms with Crippen molar-refractivity contribution in [2.45, 2.75) is 45.8 Å². The van der Waals surface area contributed by atoms with Gasteiger partial charge in [0.1, 0.15) is 11.5 Å². The van der Waals surface area contributed by atoms with Gasteiger partial charge in [-0.1, -0.05) is 68.1 Å². The molecule has 2 N–H and O–H groups in total. The van der Waals surface area contributed by atoms with Gasteiger partial charge < -0.3 is 20.1 Å². The van der Waals surface area contributed by atoms with Crippen molar-refractivity contribution in [2.75, 3.05) is 20.1 Å². The van der Waals surface area contributed by atoms with E-state index in [9.17, 15) is 5.11 Å². The van der Waals surface area contributed by atoms with Crippen molar-refractivity contribution >= 4 is 0 Å². The Kier molecular flexibility index (Phi) is 13.0. The van der Waals surface area contributed by atoms with Crippen LogP contribution < -0.4 is 5.32 Å². The fourth-order valence-electron chi connectivity index (χ4n) is 3.05. The Balaban J connectivity index is 2.97. The normalized spacial score (nSPS) is 14.5. The smallest absolute Gasteiger partial charge is 0.122 e. The second kappa shape index (κ2) is 15.3. The lowest BCUT2D eigenvalue weighted by Gasteiger charge is -2.34. The van der Waals surface area contributed by atoms with Crippen LogP contribution in [0.1, 0.15) is 45.2 Å². The first-order valence-electron chi connectivity index (χ1n) is 10.7. The van der Waals surface area contributed by atoms with Crippen LogP contribution in [-0.4, -0.2) is 36.2 Å². The Morgan fingerprint density at radius 2 is 1.93 bits per heavy atom. The van der Waals surface area contributed by atoms with E-state index in [1.807, 2.05) is 69.6 Å². The Labute approximate surface area is 182 Å². The van der Waals surface area contributed by atoms with Gasteiger partial charge in [-0.3, -0.25) is 0 Å².